The number of ether oxygens (including phenoxy) is 2. The van der Waals surface area contributed by atoms with Gasteiger partial charge in [0.2, 0.25) is 5.91 Å². The van der Waals surface area contributed by atoms with E-state index in [2.05, 4.69) is 12.2 Å². The molecule has 0 fully saturated rings. The highest BCUT2D eigenvalue weighted by atomic mass is 35.5. The Morgan fingerprint density at radius 1 is 1.12 bits per heavy atom. The van der Waals surface area contributed by atoms with Gasteiger partial charge in [0.25, 0.3) is 0 Å². The second kappa shape index (κ2) is 10.9. The van der Waals surface area contributed by atoms with Crippen LogP contribution in [-0.2, 0) is 4.79 Å². The Morgan fingerprint density at radius 2 is 1.77 bits per heavy atom. The summed E-state index contributed by atoms with van der Waals surface area (Å²) in [5.41, 5.74) is 0.403. The Morgan fingerprint density at radius 3 is 2.38 bits per heavy atom. The molecule has 140 valence electrons. The molecule has 0 aliphatic rings. The average Bonchev–Trinajstić information content (AvgIpc) is 2.63. The molecule has 0 saturated heterocycles. The summed E-state index contributed by atoms with van der Waals surface area (Å²) in [7, 11) is 0. The molecule has 0 heterocycles. The van der Waals surface area contributed by atoms with Crippen LogP contribution in [0.25, 0.3) is 0 Å². The third-order valence-corrected chi connectivity index (χ3v) is 4.47. The minimum atomic E-state index is -0.440. The van der Waals surface area contributed by atoms with Crippen LogP contribution in [0.2, 0.25) is 5.02 Å². The number of nitrogens with one attached hydrogen (secondary N) is 1. The maximum atomic E-state index is 13.0. The largest absolute Gasteiger partial charge is 0.494 e. The third kappa shape index (κ3) is 7.14. The van der Waals surface area contributed by atoms with E-state index in [1.54, 1.807) is 0 Å². The van der Waals surface area contributed by atoms with Crippen molar-refractivity contribution in [2.24, 2.45) is 0 Å². The minimum Gasteiger partial charge on any atom is -0.494 e. The third-order valence-electron chi connectivity index (χ3n) is 3.23. The van der Waals surface area contributed by atoms with Crippen LogP contribution in [0, 0.1) is 5.82 Å². The molecule has 1 N–H and O–H groups in total. The van der Waals surface area contributed by atoms with E-state index in [1.165, 1.54) is 23.9 Å². The van der Waals surface area contributed by atoms with Gasteiger partial charge < -0.3 is 14.8 Å². The summed E-state index contributed by atoms with van der Waals surface area (Å²) >= 11 is 7.32. The lowest BCUT2D eigenvalue weighted by Gasteiger charge is -2.09. The first-order valence-corrected chi connectivity index (χ1v) is 9.80. The van der Waals surface area contributed by atoms with E-state index in [4.69, 9.17) is 21.1 Å². The van der Waals surface area contributed by atoms with E-state index in [0.29, 0.717) is 24.7 Å². The van der Waals surface area contributed by atoms with Crippen LogP contribution in [-0.4, -0.2) is 30.6 Å². The van der Waals surface area contributed by atoms with Crippen LogP contribution < -0.4 is 14.8 Å². The zero-order chi connectivity index (χ0) is 18.8. The lowest BCUT2D eigenvalue weighted by Crippen LogP contribution is -2.15. The first-order valence-electron chi connectivity index (χ1n) is 8.27. The highest BCUT2D eigenvalue weighted by Gasteiger charge is 2.07. The van der Waals surface area contributed by atoms with Gasteiger partial charge in [-0.25, -0.2) is 4.39 Å². The van der Waals surface area contributed by atoms with Crippen LogP contribution in [0.4, 0.5) is 10.1 Å². The molecule has 2 aromatic rings. The number of carbonyl (C=O) groups excluding carboxylic acids is 1. The van der Waals surface area contributed by atoms with Gasteiger partial charge in [0, 0.05) is 5.75 Å². The van der Waals surface area contributed by atoms with E-state index < -0.39 is 5.82 Å². The van der Waals surface area contributed by atoms with E-state index in [9.17, 15) is 9.18 Å². The van der Waals surface area contributed by atoms with Crippen molar-refractivity contribution in [1.29, 1.82) is 0 Å². The zero-order valence-corrected chi connectivity index (χ0v) is 16.0. The lowest BCUT2D eigenvalue weighted by atomic mass is 10.3. The van der Waals surface area contributed by atoms with Gasteiger partial charge in [0.05, 0.1) is 29.7 Å². The Labute approximate surface area is 162 Å². The van der Waals surface area contributed by atoms with Crippen LogP contribution in [0.3, 0.4) is 0 Å². The molecule has 1 amide bonds. The summed E-state index contributed by atoms with van der Waals surface area (Å²) in [6.07, 6.45) is 0.969. The molecule has 0 spiro atoms. The fourth-order valence-electron chi connectivity index (χ4n) is 2.01. The monoisotopic (exact) mass is 397 g/mol. The summed E-state index contributed by atoms with van der Waals surface area (Å²) < 4.78 is 24.1. The number of anilines is 1. The summed E-state index contributed by atoms with van der Waals surface area (Å²) in [6, 6.07) is 11.3. The van der Waals surface area contributed by atoms with Crippen LogP contribution in [0.15, 0.2) is 42.5 Å². The average molecular weight is 398 g/mol. The summed E-state index contributed by atoms with van der Waals surface area (Å²) in [6.45, 7) is 3.25. The molecule has 0 aliphatic heterocycles. The van der Waals surface area contributed by atoms with Gasteiger partial charge in [-0.3, -0.25) is 4.79 Å². The fourth-order valence-corrected chi connectivity index (χ4v) is 2.83. The first kappa shape index (κ1) is 20.4. The van der Waals surface area contributed by atoms with Gasteiger partial charge in [-0.15, -0.1) is 11.8 Å². The fraction of sp³-hybridized carbons (Fsp3) is 0.316. The Balaban J connectivity index is 1.63. The van der Waals surface area contributed by atoms with Crippen LogP contribution in [0.1, 0.15) is 13.3 Å². The second-order valence-corrected chi connectivity index (χ2v) is 6.91. The summed E-state index contributed by atoms with van der Waals surface area (Å²) in [5.74, 6) is 1.88. The molecule has 2 rings (SSSR count). The SMILES string of the molecule is CCCOc1ccc(OCCSCC(=O)Nc2ccc(F)cc2Cl)cc1. The Kier molecular flexibility index (Phi) is 8.58. The van der Waals surface area contributed by atoms with E-state index in [1.807, 2.05) is 24.3 Å². The first-order chi connectivity index (χ1) is 12.6. The molecule has 7 heteroatoms. The zero-order valence-electron chi connectivity index (χ0n) is 14.5. The normalized spacial score (nSPS) is 10.4. The van der Waals surface area contributed by atoms with Crippen molar-refractivity contribution in [2.45, 2.75) is 13.3 Å². The molecule has 0 unspecified atom stereocenters. The number of halogens is 2. The number of hydrogen-bond donors (Lipinski definition) is 1. The molecule has 2 aromatic carbocycles. The Bertz CT molecular complexity index is 712. The number of benzene rings is 2. The molecule has 4 nitrogen and oxygen atoms in total. The maximum Gasteiger partial charge on any atom is 0.234 e. The standard InChI is InChI=1S/C19H21ClFNO3S/c1-2-9-24-15-4-6-16(7-5-15)25-10-11-26-13-19(23)22-18-8-3-14(21)12-17(18)20/h3-8,12H,2,9-11,13H2,1H3,(H,22,23). The van der Waals surface area contributed by atoms with E-state index in [-0.39, 0.29) is 16.7 Å². The molecular formula is C19H21ClFNO3S. The molecule has 0 aromatic heterocycles. The van der Waals surface area contributed by atoms with Gasteiger partial charge in [0.15, 0.2) is 0 Å². The number of hydrogen-bond acceptors (Lipinski definition) is 4. The quantitative estimate of drug-likeness (QED) is 0.572. The number of rotatable bonds is 10. The van der Waals surface area contributed by atoms with Gasteiger partial charge in [0.1, 0.15) is 17.3 Å². The van der Waals surface area contributed by atoms with E-state index >= 15 is 0 Å². The topological polar surface area (TPSA) is 47.6 Å². The molecule has 0 bridgehead atoms. The summed E-state index contributed by atoms with van der Waals surface area (Å²) in [5, 5.41) is 2.83. The van der Waals surface area contributed by atoms with Crippen molar-refractivity contribution < 1.29 is 18.7 Å². The molecule has 0 radical (unpaired) electrons. The predicted molar refractivity (Wildman–Crippen MR) is 105 cm³/mol. The minimum absolute atomic E-state index is 0.179. The second-order valence-electron chi connectivity index (χ2n) is 5.39. The van der Waals surface area contributed by atoms with E-state index in [0.717, 1.165) is 24.0 Å². The molecule has 26 heavy (non-hydrogen) atoms. The maximum absolute atomic E-state index is 13.0. The molecule has 0 saturated carbocycles. The van der Waals surface area contributed by atoms with Gasteiger partial charge >= 0.3 is 0 Å². The van der Waals surface area contributed by atoms with Crippen LogP contribution in [0.5, 0.6) is 11.5 Å². The number of amides is 1. The van der Waals surface area contributed by atoms with Crippen molar-refractivity contribution in [3.05, 3.63) is 53.3 Å². The highest BCUT2D eigenvalue weighted by molar-refractivity contribution is 7.99. The number of thioether (sulfide) groups is 1. The van der Waals surface area contributed by atoms with Gasteiger partial charge in [-0.1, -0.05) is 18.5 Å². The van der Waals surface area contributed by atoms with Gasteiger partial charge in [-0.05, 0) is 48.9 Å². The summed E-state index contributed by atoms with van der Waals surface area (Å²) in [4.78, 5) is 11.9. The van der Waals surface area contributed by atoms with Gasteiger partial charge in [-0.2, -0.15) is 0 Å². The molecule has 0 aliphatic carbocycles. The van der Waals surface area contributed by atoms with Crippen molar-refractivity contribution in [3.63, 3.8) is 0 Å². The number of carbonyl (C=O) groups is 1. The lowest BCUT2D eigenvalue weighted by molar-refractivity contribution is -0.113. The van der Waals surface area contributed by atoms with Crippen molar-refractivity contribution in [1.82, 2.24) is 0 Å². The molecular weight excluding hydrogens is 377 g/mol. The van der Waals surface area contributed by atoms with Crippen molar-refractivity contribution in [2.75, 3.05) is 30.0 Å². The smallest absolute Gasteiger partial charge is 0.234 e. The Hall–Kier alpha value is -1.92. The predicted octanol–water partition coefficient (Wildman–Crippen LogP) is 5.02. The molecule has 0 atom stereocenters. The highest BCUT2D eigenvalue weighted by Crippen LogP contribution is 2.22. The van der Waals surface area contributed by atoms with Crippen molar-refractivity contribution >= 4 is 35.0 Å². The van der Waals surface area contributed by atoms with Crippen LogP contribution >= 0.6 is 23.4 Å². The van der Waals surface area contributed by atoms with Crippen molar-refractivity contribution in [3.8, 4) is 11.5 Å².